The van der Waals surface area contributed by atoms with Gasteiger partial charge in [0.2, 0.25) is 23.6 Å². The number of unbranched alkanes of at least 4 members (excludes halogenated alkanes) is 2. The van der Waals surface area contributed by atoms with Crippen molar-refractivity contribution in [1.82, 2.24) is 20.3 Å². The highest BCUT2D eigenvalue weighted by molar-refractivity contribution is 5.91. The number of carbonyl (C=O) groups excluding carboxylic acids is 3. The van der Waals surface area contributed by atoms with Crippen LogP contribution < -0.4 is 15.5 Å². The average Bonchev–Trinajstić information content (AvgIpc) is 3.56. The lowest BCUT2D eigenvalue weighted by molar-refractivity contribution is -0.145. The van der Waals surface area contributed by atoms with E-state index in [4.69, 9.17) is 4.84 Å². The lowest BCUT2D eigenvalue weighted by Crippen LogP contribution is -2.48. The molecule has 222 valence electrons. The third-order valence-corrected chi connectivity index (χ3v) is 7.28. The van der Waals surface area contributed by atoms with Crippen molar-refractivity contribution < 1.29 is 29.4 Å². The van der Waals surface area contributed by atoms with Gasteiger partial charge in [0.15, 0.2) is 0 Å². The number of amides is 2. The molecule has 0 aliphatic rings. The number of H-pyrrole nitrogens is 1. The Morgan fingerprint density at radius 1 is 0.860 bits per heavy atom. The van der Waals surface area contributed by atoms with Crippen LogP contribution in [-0.4, -0.2) is 50.3 Å². The minimum absolute atomic E-state index is 0.0824. The Kier molecular flexibility index (Phi) is 9.26. The van der Waals surface area contributed by atoms with Crippen LogP contribution >= 0.6 is 0 Å². The normalized spacial score (nSPS) is 11.8. The molecule has 1 atom stereocenters. The highest BCUT2D eigenvalue weighted by Crippen LogP contribution is 2.21. The van der Waals surface area contributed by atoms with Crippen molar-refractivity contribution in [1.29, 1.82) is 0 Å². The molecule has 0 aliphatic heterocycles. The summed E-state index contributed by atoms with van der Waals surface area (Å²) in [6, 6.07) is 23.3. The Morgan fingerprint density at radius 2 is 1.60 bits per heavy atom. The Labute approximate surface area is 248 Å². The number of aromatic nitrogens is 2. The number of nitrogens with one attached hydrogen (secondary N) is 3. The summed E-state index contributed by atoms with van der Waals surface area (Å²) in [6.45, 7) is 0.373. The molecule has 0 radical (unpaired) electrons. The molecule has 3 aromatic carbocycles. The van der Waals surface area contributed by atoms with Crippen molar-refractivity contribution in [3.05, 3.63) is 96.2 Å². The fourth-order valence-electron chi connectivity index (χ4n) is 5.06. The third kappa shape index (κ3) is 7.53. The molecule has 0 aliphatic carbocycles. The first-order valence-electron chi connectivity index (χ1n) is 14.3. The number of hydrogen-bond acceptors (Lipinski definition) is 6. The summed E-state index contributed by atoms with van der Waals surface area (Å²) in [6.07, 6.45) is 4.18. The van der Waals surface area contributed by atoms with Gasteiger partial charge in [-0.2, -0.15) is 0 Å². The Balaban J connectivity index is 1.15. The van der Waals surface area contributed by atoms with Crippen molar-refractivity contribution in [3.8, 4) is 11.8 Å². The fourth-order valence-corrected chi connectivity index (χ4v) is 5.06. The molecule has 0 saturated carbocycles. The first kappa shape index (κ1) is 29.2. The predicted molar refractivity (Wildman–Crippen MR) is 162 cm³/mol. The van der Waals surface area contributed by atoms with Gasteiger partial charge in [-0.25, -0.2) is 4.79 Å². The summed E-state index contributed by atoms with van der Waals surface area (Å²) >= 11 is 0. The highest BCUT2D eigenvalue weighted by Gasteiger charge is 2.23. The van der Waals surface area contributed by atoms with Crippen molar-refractivity contribution >= 4 is 39.5 Å². The summed E-state index contributed by atoms with van der Waals surface area (Å²) in [5, 5.41) is 28.2. The van der Waals surface area contributed by atoms with Gasteiger partial charge in [-0.05, 0) is 40.8 Å². The molecule has 5 rings (SSSR count). The predicted octanol–water partition coefficient (Wildman–Crippen LogP) is 4.14. The zero-order valence-corrected chi connectivity index (χ0v) is 23.6. The van der Waals surface area contributed by atoms with E-state index in [0.717, 1.165) is 32.8 Å². The molecule has 0 fully saturated rings. The molecule has 0 bridgehead atoms. The first-order chi connectivity index (χ1) is 20.9. The van der Waals surface area contributed by atoms with E-state index in [0.29, 0.717) is 37.0 Å². The fraction of sp³-hybridized carbons (Fsp3) is 0.242. The number of aromatic hydroxyl groups is 2. The quantitative estimate of drug-likeness (QED) is 0.132. The summed E-state index contributed by atoms with van der Waals surface area (Å²) in [5.41, 5.74) is 2.75. The van der Waals surface area contributed by atoms with Crippen molar-refractivity contribution in [3.63, 3.8) is 0 Å². The van der Waals surface area contributed by atoms with Crippen LogP contribution in [0.1, 0.15) is 36.8 Å². The average molecular weight is 583 g/mol. The molecule has 2 heterocycles. The lowest BCUT2D eigenvalue weighted by atomic mass is 10.0. The molecule has 0 unspecified atom stereocenters. The maximum atomic E-state index is 13.3. The minimum atomic E-state index is -0.774. The smallest absolute Gasteiger partial charge is 0.333 e. The molecule has 5 N–H and O–H groups in total. The molecule has 0 spiro atoms. The van der Waals surface area contributed by atoms with Gasteiger partial charge in [0, 0.05) is 48.6 Å². The van der Waals surface area contributed by atoms with Gasteiger partial charge >= 0.3 is 5.97 Å². The van der Waals surface area contributed by atoms with Gasteiger partial charge in [-0.1, -0.05) is 67.1 Å². The maximum absolute atomic E-state index is 13.3. The van der Waals surface area contributed by atoms with Crippen molar-refractivity contribution in [2.24, 2.45) is 0 Å². The Hall–Kier alpha value is -5.25. The van der Waals surface area contributed by atoms with Gasteiger partial charge in [0.1, 0.15) is 6.04 Å². The highest BCUT2D eigenvalue weighted by atomic mass is 16.7. The third-order valence-electron chi connectivity index (χ3n) is 7.28. The number of hydrogen-bond donors (Lipinski definition) is 5. The van der Waals surface area contributed by atoms with E-state index in [1.165, 1.54) is 12.1 Å². The molecule has 5 aromatic rings. The largest absolute Gasteiger partial charge is 0.492 e. The zero-order valence-electron chi connectivity index (χ0n) is 23.6. The van der Waals surface area contributed by atoms with Crippen LogP contribution in [-0.2, 0) is 27.2 Å². The number of rotatable bonds is 13. The Bertz CT molecular complexity index is 1720. The topological polar surface area (TPSA) is 146 Å². The molecular formula is C33H34N4O6. The second-order valence-electron chi connectivity index (χ2n) is 10.5. The van der Waals surface area contributed by atoms with Crippen molar-refractivity contribution in [2.75, 3.05) is 6.54 Å². The molecule has 2 aromatic heterocycles. The van der Waals surface area contributed by atoms with Crippen molar-refractivity contribution in [2.45, 2.75) is 44.6 Å². The van der Waals surface area contributed by atoms with Gasteiger partial charge in [-0.3, -0.25) is 9.59 Å². The molecule has 2 amide bonds. The number of para-hydroxylation sites is 1. The zero-order chi connectivity index (χ0) is 30.2. The van der Waals surface area contributed by atoms with E-state index >= 15 is 0 Å². The van der Waals surface area contributed by atoms with E-state index in [2.05, 4.69) is 15.6 Å². The van der Waals surface area contributed by atoms with E-state index < -0.39 is 12.0 Å². The van der Waals surface area contributed by atoms with Crippen LogP contribution in [0.15, 0.2) is 85.1 Å². The standard InChI is InChI=1S/C33H34N4O6/c38-29(19-22-13-14-23-8-3-4-9-24(23)18-22)36-28(20-25-21-35-27-11-6-5-10-26(25)27)33(42)34-17-7-1-2-12-32(41)43-37-30(39)15-16-31(37)40/h3-6,8-11,13-16,18,21,28,35,39-40H,1-2,7,12,17,19-20H2,(H,34,42)(H,36,38)/t28-/m0/s1. The van der Waals surface area contributed by atoms with Gasteiger partial charge in [0.05, 0.1) is 6.42 Å². The van der Waals surface area contributed by atoms with Crippen LogP contribution in [0.25, 0.3) is 21.7 Å². The number of nitrogens with zero attached hydrogens (tertiary/aromatic N) is 1. The SMILES string of the molecule is O=C(Cc1ccc2ccccc2c1)N[C@@H](Cc1c[nH]c2ccccc12)C(=O)NCCCCCC(=O)On1c(O)ccc1O. The maximum Gasteiger partial charge on any atom is 0.333 e. The van der Waals surface area contributed by atoms with E-state index in [9.17, 15) is 24.6 Å². The molecule has 10 nitrogen and oxygen atoms in total. The monoisotopic (exact) mass is 582 g/mol. The molecule has 0 saturated heterocycles. The number of benzene rings is 3. The van der Waals surface area contributed by atoms with E-state index in [1.54, 1.807) is 0 Å². The van der Waals surface area contributed by atoms with Crippen LogP contribution in [0.3, 0.4) is 0 Å². The second kappa shape index (κ2) is 13.6. The summed E-state index contributed by atoms with van der Waals surface area (Å²) in [7, 11) is 0. The number of aromatic amines is 1. The summed E-state index contributed by atoms with van der Waals surface area (Å²) in [4.78, 5) is 46.6. The van der Waals surface area contributed by atoms with E-state index in [1.807, 2.05) is 72.9 Å². The van der Waals surface area contributed by atoms with Crippen LogP contribution in [0.5, 0.6) is 11.8 Å². The molecular weight excluding hydrogens is 548 g/mol. The number of fused-ring (bicyclic) bond motifs is 2. The van der Waals surface area contributed by atoms with Crippen LogP contribution in [0.2, 0.25) is 0 Å². The lowest BCUT2D eigenvalue weighted by Gasteiger charge is -2.19. The first-order valence-corrected chi connectivity index (χ1v) is 14.3. The van der Waals surface area contributed by atoms with Gasteiger partial charge in [0.25, 0.3) is 0 Å². The Morgan fingerprint density at radius 3 is 2.42 bits per heavy atom. The van der Waals surface area contributed by atoms with Crippen LogP contribution in [0.4, 0.5) is 0 Å². The second-order valence-corrected chi connectivity index (χ2v) is 10.5. The van der Waals surface area contributed by atoms with Crippen LogP contribution in [0, 0.1) is 0 Å². The summed E-state index contributed by atoms with van der Waals surface area (Å²) < 4.78 is 0.657. The van der Waals surface area contributed by atoms with E-state index in [-0.39, 0.29) is 36.4 Å². The number of carbonyl (C=O) groups is 3. The summed E-state index contributed by atoms with van der Waals surface area (Å²) in [5.74, 6) is -1.87. The van der Waals surface area contributed by atoms with Gasteiger partial charge < -0.3 is 30.7 Å². The molecule has 10 heteroatoms. The van der Waals surface area contributed by atoms with Gasteiger partial charge in [-0.15, -0.1) is 4.73 Å². The minimum Gasteiger partial charge on any atom is -0.492 e. The molecule has 43 heavy (non-hydrogen) atoms.